The van der Waals surface area contributed by atoms with Gasteiger partial charge in [0.2, 0.25) is 5.69 Å². The molecule has 366 valence electrons. The summed E-state index contributed by atoms with van der Waals surface area (Å²) in [5, 5.41) is 12.1. The average molecular weight is 987 g/mol. The lowest BCUT2D eigenvalue weighted by Gasteiger charge is -2.45. The molecular weight excluding hydrogens is 937 g/mol. The molecule has 0 bridgehead atoms. The van der Waals surface area contributed by atoms with Crippen molar-refractivity contribution in [3.05, 3.63) is 244 Å². The van der Waals surface area contributed by atoms with Crippen LogP contribution in [0.1, 0.15) is 80.5 Å². The molecule has 1 aliphatic carbocycles. The highest BCUT2D eigenvalue weighted by Crippen LogP contribution is 2.73. The van der Waals surface area contributed by atoms with Crippen LogP contribution in [0, 0.1) is 23.3 Å². The van der Waals surface area contributed by atoms with Gasteiger partial charge in [0, 0.05) is 33.3 Å². The van der Waals surface area contributed by atoms with Gasteiger partial charge in [0.25, 0.3) is 11.8 Å². The lowest BCUT2D eigenvalue weighted by molar-refractivity contribution is -0.212. The average Bonchev–Trinajstić information content (AvgIpc) is 3.54. The van der Waals surface area contributed by atoms with Gasteiger partial charge in [-0.3, -0.25) is 0 Å². The number of nitriles is 1. The first-order valence-corrected chi connectivity index (χ1v) is 25.1. The van der Waals surface area contributed by atoms with Crippen molar-refractivity contribution in [2.24, 2.45) is 5.41 Å². The quantitative estimate of drug-likeness (QED) is 0.123. The number of nitrogens with zero attached hydrogens (tertiary/aromatic N) is 4. The van der Waals surface area contributed by atoms with Crippen molar-refractivity contribution in [3.63, 3.8) is 0 Å². The Kier molecular flexibility index (Phi) is 10.5. The van der Waals surface area contributed by atoms with Gasteiger partial charge in [0.05, 0.1) is 40.3 Å². The van der Waals surface area contributed by atoms with E-state index in [-0.39, 0.29) is 11.3 Å². The maximum atomic E-state index is 18.2. The fourth-order valence-corrected chi connectivity index (χ4v) is 12.0. The summed E-state index contributed by atoms with van der Waals surface area (Å²) in [6.45, 7) is 19.0. The molecule has 0 spiro atoms. The van der Waals surface area contributed by atoms with E-state index in [1.54, 1.807) is 9.80 Å². The van der Waals surface area contributed by atoms with E-state index in [4.69, 9.17) is 6.57 Å². The first kappa shape index (κ1) is 47.3. The zero-order valence-electron chi connectivity index (χ0n) is 42.3. The second-order valence-corrected chi connectivity index (χ2v) is 21.5. The smallest absolute Gasteiger partial charge is 0.285 e. The molecule has 0 fully saturated rings. The number of anilines is 6. The first-order valence-electron chi connectivity index (χ1n) is 25.1. The van der Waals surface area contributed by atoms with Gasteiger partial charge in [-0.15, -0.1) is 0 Å². The molecule has 0 saturated carbocycles. The Morgan fingerprint density at radius 2 is 0.693 bits per heavy atom. The van der Waals surface area contributed by atoms with Gasteiger partial charge in [-0.05, 0) is 129 Å². The van der Waals surface area contributed by atoms with Gasteiger partial charge < -0.3 is 9.80 Å². The number of fused-ring (bicyclic) bond motifs is 5. The molecule has 0 saturated heterocycles. The van der Waals surface area contributed by atoms with E-state index in [9.17, 15) is 5.26 Å². The van der Waals surface area contributed by atoms with Crippen LogP contribution >= 0.6 is 0 Å². The molecule has 3 aliphatic rings. The number of benzene rings is 9. The van der Waals surface area contributed by atoms with Crippen LogP contribution in [0.4, 0.5) is 57.4 Å². The van der Waals surface area contributed by atoms with E-state index in [1.165, 1.54) is 0 Å². The minimum atomic E-state index is -4.27. The lowest BCUT2D eigenvalue weighted by atomic mass is 9.71. The normalized spacial score (nSPS) is 16.6. The molecule has 9 aromatic carbocycles. The summed E-state index contributed by atoms with van der Waals surface area (Å²) < 4.78 is 72.4. The Morgan fingerprint density at radius 1 is 0.400 bits per heavy atom. The molecule has 12 rings (SSSR count). The lowest BCUT2D eigenvalue weighted by Crippen LogP contribution is -2.39. The fraction of sp³-hybridized carbons (Fsp3) is 0.164. The van der Waals surface area contributed by atoms with Crippen LogP contribution in [0.15, 0.2) is 194 Å². The number of rotatable bonds is 6. The second-order valence-electron chi connectivity index (χ2n) is 21.5. The Hall–Kier alpha value is -8.72. The molecule has 2 aliphatic heterocycles. The Bertz CT molecular complexity index is 3700. The van der Waals surface area contributed by atoms with E-state index in [0.29, 0.717) is 22.7 Å². The summed E-state index contributed by atoms with van der Waals surface area (Å²) >= 11 is 0. The van der Waals surface area contributed by atoms with Crippen molar-refractivity contribution in [2.45, 2.75) is 64.2 Å². The van der Waals surface area contributed by atoms with E-state index >= 15 is 17.6 Å². The number of hydrogen-bond acceptors (Lipinski definition) is 3. The molecule has 0 amide bonds. The van der Waals surface area contributed by atoms with Gasteiger partial charge in [-0.2, -0.15) is 5.26 Å². The summed E-state index contributed by atoms with van der Waals surface area (Å²) in [7, 11) is 0. The zero-order valence-corrected chi connectivity index (χ0v) is 42.3. The van der Waals surface area contributed by atoms with Crippen molar-refractivity contribution >= 4 is 39.8 Å². The van der Waals surface area contributed by atoms with Gasteiger partial charge in [0.1, 0.15) is 6.07 Å². The van der Waals surface area contributed by atoms with Crippen molar-refractivity contribution < 1.29 is 17.6 Å². The maximum Gasteiger partial charge on any atom is 0.285 e. The summed E-state index contributed by atoms with van der Waals surface area (Å²) in [6.07, 6.45) is 0. The van der Waals surface area contributed by atoms with Gasteiger partial charge in [0.15, 0.2) is 0 Å². The largest absolute Gasteiger partial charge is 0.318 e. The number of hydrogen-bond donors (Lipinski definition) is 0. The summed E-state index contributed by atoms with van der Waals surface area (Å²) in [4.78, 5) is 7.22. The van der Waals surface area contributed by atoms with E-state index < -0.39 is 50.6 Å². The highest BCUT2D eigenvalue weighted by molar-refractivity contribution is 6.04. The van der Waals surface area contributed by atoms with Crippen LogP contribution in [-0.2, 0) is 22.7 Å². The maximum absolute atomic E-state index is 18.2. The van der Waals surface area contributed by atoms with Crippen molar-refractivity contribution in [1.82, 2.24) is 0 Å². The van der Waals surface area contributed by atoms with Crippen LogP contribution in [-0.4, -0.2) is 0 Å². The molecule has 75 heavy (non-hydrogen) atoms. The molecule has 9 aromatic rings. The molecule has 0 aromatic heterocycles. The standard InChI is InChI=1S/C67H50F4N4/c1-63(2)50-36-45(41-20-12-8-13-21-41)28-32-54(50)74(55-33-29-46(37-51(55)63)42-22-14-9-15-23-42)61-49(40-72)62(60(73-7)58-59(61)67(70,71)65(5,6)66(58,68)69)75-56-34-30-47(43-24-16-10-17-25-43)38-52(56)64(3,4)53-39-48(31-35-57(53)75)44-26-18-11-19-27-44/h8-39H,1-6H3. The Labute approximate surface area is 435 Å². The van der Waals surface area contributed by atoms with Crippen LogP contribution in [0.25, 0.3) is 49.4 Å². The molecule has 0 unspecified atom stereocenters. The summed E-state index contributed by atoms with van der Waals surface area (Å²) in [5.74, 6) is -8.53. The highest BCUT2D eigenvalue weighted by atomic mass is 19.3. The third-order valence-corrected chi connectivity index (χ3v) is 16.4. The first-order chi connectivity index (χ1) is 35.9. The van der Waals surface area contributed by atoms with Crippen LogP contribution in [0.2, 0.25) is 0 Å². The fourth-order valence-electron chi connectivity index (χ4n) is 12.0. The highest BCUT2D eigenvalue weighted by Gasteiger charge is 2.73. The molecule has 8 heteroatoms. The van der Waals surface area contributed by atoms with Gasteiger partial charge in [-0.1, -0.05) is 173 Å². The minimum Gasteiger partial charge on any atom is -0.318 e. The zero-order chi connectivity index (χ0) is 52.4. The minimum absolute atomic E-state index is 0.193. The van der Waals surface area contributed by atoms with Crippen LogP contribution < -0.4 is 9.80 Å². The summed E-state index contributed by atoms with van der Waals surface area (Å²) in [5.41, 5.74) is 3.98. The Balaban J connectivity index is 1.23. The third kappa shape index (κ3) is 6.72. The monoisotopic (exact) mass is 986 g/mol. The van der Waals surface area contributed by atoms with Crippen molar-refractivity contribution in [2.75, 3.05) is 9.80 Å². The SMILES string of the molecule is [C-]#[N+]c1c(N2c3ccc(-c4ccccc4)cc3C(C)(C)c3cc(-c4ccccc4)ccc32)c(C#N)c(N2c3ccc(-c4ccccc4)cc3C(C)(C)c3cc(-c4ccccc4)ccc32)c2c1C(F)(F)C(C)(C)C2(F)F. The van der Waals surface area contributed by atoms with Gasteiger partial charge in [-0.25, -0.2) is 22.4 Å². The molecule has 0 N–H and O–H groups in total. The van der Waals surface area contributed by atoms with Crippen molar-refractivity contribution in [1.29, 1.82) is 5.26 Å². The van der Waals surface area contributed by atoms with Gasteiger partial charge >= 0.3 is 0 Å². The summed E-state index contributed by atoms with van der Waals surface area (Å²) in [6, 6.07) is 65.2. The molecular formula is C67H50F4N4. The molecule has 4 nitrogen and oxygen atoms in total. The predicted octanol–water partition coefficient (Wildman–Crippen LogP) is 19.2. The van der Waals surface area contributed by atoms with E-state index in [0.717, 1.165) is 80.6 Å². The van der Waals surface area contributed by atoms with Crippen LogP contribution in [0.3, 0.4) is 0 Å². The van der Waals surface area contributed by atoms with Crippen LogP contribution in [0.5, 0.6) is 0 Å². The second kappa shape index (κ2) is 16.6. The topological polar surface area (TPSA) is 34.6 Å². The van der Waals surface area contributed by atoms with E-state index in [1.807, 2.05) is 182 Å². The Morgan fingerprint density at radius 3 is 0.987 bits per heavy atom. The number of alkyl halides is 4. The third-order valence-electron chi connectivity index (χ3n) is 16.4. The molecule has 0 radical (unpaired) electrons. The van der Waals surface area contributed by atoms with E-state index in [2.05, 4.69) is 50.7 Å². The van der Waals surface area contributed by atoms with Crippen molar-refractivity contribution in [3.8, 4) is 50.6 Å². The molecule has 2 heterocycles. The predicted molar refractivity (Wildman–Crippen MR) is 294 cm³/mol. The molecule has 0 atom stereocenters. The number of halogens is 4.